The first-order valence-electron chi connectivity index (χ1n) is 14.5. The number of benzene rings is 3. The summed E-state index contributed by atoms with van der Waals surface area (Å²) in [5.41, 5.74) is 2.07. The maximum atomic E-state index is 14.6. The van der Waals surface area contributed by atoms with Crippen LogP contribution in [0.1, 0.15) is 62.4 Å². The molecule has 1 aliphatic carbocycles. The number of alkyl carbamates (subject to hydrolysis) is 1. The lowest BCUT2D eigenvalue weighted by Gasteiger charge is -2.35. The quantitative estimate of drug-likeness (QED) is 0.251. The van der Waals surface area contributed by atoms with E-state index >= 15 is 0 Å². The Hall–Kier alpha value is -4.04. The molecule has 43 heavy (non-hydrogen) atoms. The third-order valence-electron chi connectivity index (χ3n) is 7.51. The summed E-state index contributed by atoms with van der Waals surface area (Å²) in [6, 6.07) is 17.2. The predicted octanol–water partition coefficient (Wildman–Crippen LogP) is 6.72. The van der Waals surface area contributed by atoms with Gasteiger partial charge in [-0.2, -0.15) is 0 Å². The molecule has 1 saturated carbocycles. The highest BCUT2D eigenvalue weighted by molar-refractivity contribution is 6.34. The summed E-state index contributed by atoms with van der Waals surface area (Å²) in [5.74, 6) is -0.960. The minimum Gasteiger partial charge on any atom is -0.507 e. The first-order valence-corrected chi connectivity index (χ1v) is 14.8. The van der Waals surface area contributed by atoms with Crippen molar-refractivity contribution in [1.82, 2.24) is 10.2 Å². The fourth-order valence-corrected chi connectivity index (χ4v) is 5.42. The molecule has 8 nitrogen and oxygen atoms in total. The van der Waals surface area contributed by atoms with E-state index in [1.54, 1.807) is 58.0 Å². The number of aryl methyl sites for hydroxylation is 2. The Kier molecular flexibility index (Phi) is 9.70. The average Bonchev–Trinajstić information content (AvgIpc) is 3.65. The highest BCUT2D eigenvalue weighted by Crippen LogP contribution is 2.43. The lowest BCUT2D eigenvalue weighted by atomic mass is 9.97. The van der Waals surface area contributed by atoms with E-state index in [0.29, 0.717) is 22.7 Å². The van der Waals surface area contributed by atoms with Crippen LogP contribution in [0.4, 0.5) is 10.5 Å². The standard InChI is InChI=1S/C34H40ClN3O5/c1-20-12-11-17-25(35)28(20)37-31(40)29(24-16-10-13-21(2)30(24)39)38(27-18-22(27)3)32(41)26(19-23-14-8-7-9-15-23)36-33(42)43-34(4,5)6/h7-17,22,26-27,29,39H,18-19H2,1-6H3,(H,36,42)(H,37,40). The second-order valence-corrected chi connectivity index (χ2v) is 12.7. The van der Waals surface area contributed by atoms with E-state index < -0.39 is 35.6 Å². The van der Waals surface area contributed by atoms with Crippen molar-refractivity contribution >= 4 is 35.2 Å². The predicted molar refractivity (Wildman–Crippen MR) is 168 cm³/mol. The number of phenolic OH excluding ortho intramolecular Hbond substituents is 1. The van der Waals surface area contributed by atoms with Crippen molar-refractivity contribution in [3.63, 3.8) is 0 Å². The molecule has 3 N–H and O–H groups in total. The van der Waals surface area contributed by atoms with E-state index in [1.807, 2.05) is 50.2 Å². The molecule has 228 valence electrons. The first-order chi connectivity index (χ1) is 20.3. The number of phenols is 1. The van der Waals surface area contributed by atoms with Crippen LogP contribution in [0.25, 0.3) is 0 Å². The van der Waals surface area contributed by atoms with Crippen LogP contribution in [0.3, 0.4) is 0 Å². The van der Waals surface area contributed by atoms with E-state index in [-0.39, 0.29) is 29.7 Å². The zero-order chi connectivity index (χ0) is 31.5. The van der Waals surface area contributed by atoms with Crippen LogP contribution in [0.2, 0.25) is 5.02 Å². The SMILES string of the molecule is Cc1cccc(C(C(=O)Nc2c(C)cccc2Cl)N(C(=O)C(Cc2ccccc2)NC(=O)OC(C)(C)C)C2CC2C)c1O. The second-order valence-electron chi connectivity index (χ2n) is 12.3. The Morgan fingerprint density at radius 2 is 1.63 bits per heavy atom. The Morgan fingerprint density at radius 1 is 1.00 bits per heavy atom. The van der Waals surface area contributed by atoms with Gasteiger partial charge in [-0.05, 0) is 69.7 Å². The van der Waals surface area contributed by atoms with Gasteiger partial charge in [-0.15, -0.1) is 0 Å². The fraction of sp³-hybridized carbons (Fsp3) is 0.382. The van der Waals surface area contributed by atoms with Crippen molar-refractivity contribution in [3.05, 3.63) is 94.0 Å². The van der Waals surface area contributed by atoms with Gasteiger partial charge in [0.1, 0.15) is 23.4 Å². The number of ether oxygens (including phenoxy) is 1. The Morgan fingerprint density at radius 3 is 2.23 bits per heavy atom. The van der Waals surface area contributed by atoms with Crippen molar-refractivity contribution in [1.29, 1.82) is 0 Å². The number of nitrogens with zero attached hydrogens (tertiary/aromatic N) is 1. The summed E-state index contributed by atoms with van der Waals surface area (Å²) in [4.78, 5) is 43.4. The molecular weight excluding hydrogens is 566 g/mol. The van der Waals surface area contributed by atoms with Gasteiger partial charge in [0.05, 0.1) is 10.7 Å². The zero-order valence-electron chi connectivity index (χ0n) is 25.5. The lowest BCUT2D eigenvalue weighted by molar-refractivity contribution is -0.141. The van der Waals surface area contributed by atoms with Gasteiger partial charge < -0.3 is 25.4 Å². The molecule has 4 unspecified atom stereocenters. The van der Waals surface area contributed by atoms with Gasteiger partial charge in [0.15, 0.2) is 0 Å². The number of nitrogens with one attached hydrogen (secondary N) is 2. The van der Waals surface area contributed by atoms with Crippen LogP contribution < -0.4 is 10.6 Å². The molecule has 0 aromatic heterocycles. The van der Waals surface area contributed by atoms with Gasteiger partial charge in [-0.25, -0.2) is 4.79 Å². The van der Waals surface area contributed by atoms with Crippen molar-refractivity contribution in [3.8, 4) is 5.75 Å². The van der Waals surface area contributed by atoms with Crippen LogP contribution >= 0.6 is 11.6 Å². The third-order valence-corrected chi connectivity index (χ3v) is 7.83. The molecule has 4 rings (SSSR count). The van der Waals surface area contributed by atoms with Crippen molar-refractivity contribution < 1.29 is 24.2 Å². The van der Waals surface area contributed by atoms with Gasteiger partial charge in [-0.1, -0.05) is 79.2 Å². The summed E-state index contributed by atoms with van der Waals surface area (Å²) in [7, 11) is 0. The van der Waals surface area contributed by atoms with E-state index in [1.165, 1.54) is 4.90 Å². The zero-order valence-corrected chi connectivity index (χ0v) is 26.2. The maximum absolute atomic E-state index is 14.6. The van der Waals surface area contributed by atoms with Crippen molar-refractivity contribution in [2.45, 2.75) is 78.1 Å². The monoisotopic (exact) mass is 605 g/mol. The molecule has 0 aliphatic heterocycles. The number of hydrogen-bond acceptors (Lipinski definition) is 5. The summed E-state index contributed by atoms with van der Waals surface area (Å²) in [6.07, 6.45) is 0.100. The third kappa shape index (κ3) is 7.87. The second kappa shape index (κ2) is 13.1. The average molecular weight is 606 g/mol. The number of rotatable bonds is 9. The molecule has 1 fully saturated rings. The van der Waals surface area contributed by atoms with Crippen LogP contribution in [-0.4, -0.2) is 45.6 Å². The largest absolute Gasteiger partial charge is 0.507 e. The molecule has 3 aromatic carbocycles. The van der Waals surface area contributed by atoms with E-state index in [9.17, 15) is 19.5 Å². The molecule has 3 amide bonds. The fourth-order valence-electron chi connectivity index (χ4n) is 5.15. The molecule has 9 heteroatoms. The number of anilines is 1. The minimum absolute atomic E-state index is 0.0793. The summed E-state index contributed by atoms with van der Waals surface area (Å²) < 4.78 is 5.51. The van der Waals surface area contributed by atoms with Crippen molar-refractivity contribution in [2.75, 3.05) is 5.32 Å². The molecule has 0 spiro atoms. The smallest absolute Gasteiger partial charge is 0.408 e. The van der Waals surface area contributed by atoms with Crippen LogP contribution in [-0.2, 0) is 20.7 Å². The van der Waals surface area contributed by atoms with Crippen LogP contribution in [0.15, 0.2) is 66.7 Å². The van der Waals surface area contributed by atoms with E-state index in [4.69, 9.17) is 16.3 Å². The lowest BCUT2D eigenvalue weighted by Crippen LogP contribution is -2.54. The maximum Gasteiger partial charge on any atom is 0.408 e. The number of carbonyl (C=O) groups is 3. The number of halogens is 1. The molecule has 0 radical (unpaired) electrons. The van der Waals surface area contributed by atoms with Crippen molar-refractivity contribution in [2.24, 2.45) is 5.92 Å². The topological polar surface area (TPSA) is 108 Å². The van der Waals surface area contributed by atoms with Gasteiger partial charge in [0.25, 0.3) is 5.91 Å². The molecule has 3 aromatic rings. The number of carbonyl (C=O) groups excluding carboxylic acids is 3. The molecule has 0 bridgehead atoms. The molecule has 1 aliphatic rings. The number of aromatic hydroxyl groups is 1. The highest BCUT2D eigenvalue weighted by Gasteiger charge is 2.49. The summed E-state index contributed by atoms with van der Waals surface area (Å²) in [6.45, 7) is 10.8. The Labute approximate surface area is 258 Å². The van der Waals surface area contributed by atoms with E-state index in [0.717, 1.165) is 11.1 Å². The number of hydrogen-bond donors (Lipinski definition) is 3. The first kappa shape index (κ1) is 31.9. The number of para-hydroxylation sites is 2. The van der Waals surface area contributed by atoms with E-state index in [2.05, 4.69) is 10.6 Å². The highest BCUT2D eigenvalue weighted by atomic mass is 35.5. The summed E-state index contributed by atoms with van der Waals surface area (Å²) >= 11 is 6.47. The minimum atomic E-state index is -1.21. The van der Waals surface area contributed by atoms with Gasteiger partial charge >= 0.3 is 6.09 Å². The van der Waals surface area contributed by atoms with Crippen LogP contribution in [0.5, 0.6) is 5.75 Å². The van der Waals surface area contributed by atoms with Crippen LogP contribution in [0, 0.1) is 19.8 Å². The Balaban J connectivity index is 1.80. The molecule has 0 saturated heterocycles. The molecular formula is C34H40ClN3O5. The summed E-state index contributed by atoms with van der Waals surface area (Å²) in [5, 5.41) is 17.3. The van der Waals surface area contributed by atoms with Gasteiger partial charge in [-0.3, -0.25) is 9.59 Å². The van der Waals surface area contributed by atoms with Gasteiger partial charge in [0, 0.05) is 18.0 Å². The van der Waals surface area contributed by atoms with Gasteiger partial charge in [0.2, 0.25) is 5.91 Å². The number of amides is 3. The normalized spacial score (nSPS) is 17.4. The Bertz CT molecular complexity index is 1470. The molecule has 0 heterocycles. The molecule has 4 atom stereocenters.